The van der Waals surface area contributed by atoms with Gasteiger partial charge in [-0.3, -0.25) is 4.98 Å². The molecule has 1 aromatic heterocycles. The molecule has 0 aliphatic carbocycles. The Kier molecular flexibility index (Phi) is 5.80. The standard InChI is InChI=1S/C15H18ClNOS/c16-13-7-8-14(15-12(13)6-5-9-17-15)18-10-3-1-2-4-11-19/h5-9,19H,1-4,10-11H2. The summed E-state index contributed by atoms with van der Waals surface area (Å²) in [4.78, 5) is 4.35. The van der Waals surface area contributed by atoms with E-state index in [4.69, 9.17) is 16.3 Å². The van der Waals surface area contributed by atoms with Crippen LogP contribution in [0.2, 0.25) is 5.02 Å². The van der Waals surface area contributed by atoms with E-state index < -0.39 is 0 Å². The summed E-state index contributed by atoms with van der Waals surface area (Å²) in [6.07, 6.45) is 6.39. The predicted molar refractivity (Wildman–Crippen MR) is 84.6 cm³/mol. The highest BCUT2D eigenvalue weighted by molar-refractivity contribution is 7.80. The Bertz CT molecular complexity index is 533. The molecule has 0 spiro atoms. The molecule has 0 fully saturated rings. The zero-order chi connectivity index (χ0) is 13.5. The number of ether oxygens (including phenoxy) is 1. The second-order valence-electron chi connectivity index (χ2n) is 4.43. The Morgan fingerprint density at radius 1 is 1.11 bits per heavy atom. The van der Waals surface area contributed by atoms with E-state index in [1.165, 1.54) is 19.3 Å². The molecule has 1 heterocycles. The Morgan fingerprint density at radius 3 is 2.79 bits per heavy atom. The number of rotatable bonds is 7. The number of thiol groups is 1. The zero-order valence-corrected chi connectivity index (χ0v) is 12.5. The van der Waals surface area contributed by atoms with Crippen molar-refractivity contribution in [3.63, 3.8) is 0 Å². The van der Waals surface area contributed by atoms with Gasteiger partial charge in [-0.05, 0) is 42.9 Å². The Balaban J connectivity index is 1.96. The van der Waals surface area contributed by atoms with Crippen molar-refractivity contribution in [3.05, 3.63) is 35.5 Å². The molecular formula is C15H18ClNOS. The molecule has 0 atom stereocenters. The van der Waals surface area contributed by atoms with Gasteiger partial charge in [0, 0.05) is 11.6 Å². The molecule has 2 nitrogen and oxygen atoms in total. The highest BCUT2D eigenvalue weighted by Gasteiger charge is 2.06. The summed E-state index contributed by atoms with van der Waals surface area (Å²) in [7, 11) is 0. The minimum atomic E-state index is 0.712. The highest BCUT2D eigenvalue weighted by Crippen LogP contribution is 2.29. The maximum absolute atomic E-state index is 6.14. The molecule has 102 valence electrons. The Morgan fingerprint density at radius 2 is 1.95 bits per heavy atom. The van der Waals surface area contributed by atoms with Crippen LogP contribution in [-0.2, 0) is 0 Å². The number of hydrogen-bond donors (Lipinski definition) is 1. The molecule has 0 unspecified atom stereocenters. The van der Waals surface area contributed by atoms with Crippen molar-refractivity contribution in [2.75, 3.05) is 12.4 Å². The van der Waals surface area contributed by atoms with Crippen LogP contribution < -0.4 is 4.74 Å². The molecule has 0 aliphatic heterocycles. The number of fused-ring (bicyclic) bond motifs is 1. The first-order valence-corrected chi connectivity index (χ1v) is 7.61. The Labute approximate surface area is 124 Å². The lowest BCUT2D eigenvalue weighted by atomic mass is 10.2. The van der Waals surface area contributed by atoms with Gasteiger partial charge in [-0.15, -0.1) is 0 Å². The van der Waals surface area contributed by atoms with E-state index in [0.717, 1.165) is 35.4 Å². The third-order valence-electron chi connectivity index (χ3n) is 2.99. The Hall–Kier alpha value is -0.930. The first-order chi connectivity index (χ1) is 9.33. The fourth-order valence-electron chi connectivity index (χ4n) is 1.98. The lowest BCUT2D eigenvalue weighted by Gasteiger charge is -2.09. The average Bonchev–Trinajstić information content (AvgIpc) is 2.45. The second-order valence-corrected chi connectivity index (χ2v) is 5.29. The van der Waals surface area contributed by atoms with Crippen molar-refractivity contribution < 1.29 is 4.74 Å². The maximum atomic E-state index is 6.14. The SMILES string of the molecule is SCCCCCCOc1ccc(Cl)c2cccnc12. The second kappa shape index (κ2) is 7.61. The fraction of sp³-hybridized carbons (Fsp3) is 0.400. The molecule has 0 N–H and O–H groups in total. The number of aromatic nitrogens is 1. The quantitative estimate of drug-likeness (QED) is 0.588. The third kappa shape index (κ3) is 4.02. The minimum absolute atomic E-state index is 0.712. The fourth-order valence-corrected chi connectivity index (χ4v) is 2.42. The topological polar surface area (TPSA) is 22.1 Å². The van der Waals surface area contributed by atoms with Crippen molar-refractivity contribution in [1.82, 2.24) is 4.98 Å². The molecule has 0 aliphatic rings. The number of benzene rings is 1. The van der Waals surface area contributed by atoms with Crippen LogP contribution in [0.5, 0.6) is 5.75 Å². The lowest BCUT2D eigenvalue weighted by molar-refractivity contribution is 0.308. The van der Waals surface area contributed by atoms with E-state index in [1.54, 1.807) is 6.20 Å². The molecule has 2 rings (SSSR count). The van der Waals surface area contributed by atoms with Crippen molar-refractivity contribution in [1.29, 1.82) is 0 Å². The van der Waals surface area contributed by atoms with Gasteiger partial charge in [0.1, 0.15) is 11.3 Å². The smallest absolute Gasteiger partial charge is 0.145 e. The summed E-state index contributed by atoms with van der Waals surface area (Å²) in [5.41, 5.74) is 0.838. The third-order valence-corrected chi connectivity index (χ3v) is 3.64. The summed E-state index contributed by atoms with van der Waals surface area (Å²) in [6, 6.07) is 7.60. The van der Waals surface area contributed by atoms with Crippen LogP contribution in [0.4, 0.5) is 0 Å². The largest absolute Gasteiger partial charge is 0.491 e. The molecule has 0 saturated carbocycles. The molecule has 0 saturated heterocycles. The van der Waals surface area contributed by atoms with Gasteiger partial charge < -0.3 is 4.74 Å². The monoisotopic (exact) mass is 295 g/mol. The van der Waals surface area contributed by atoms with E-state index in [1.807, 2.05) is 24.3 Å². The van der Waals surface area contributed by atoms with Crippen LogP contribution in [-0.4, -0.2) is 17.3 Å². The van der Waals surface area contributed by atoms with Gasteiger partial charge in [-0.2, -0.15) is 12.6 Å². The minimum Gasteiger partial charge on any atom is -0.491 e. The first-order valence-electron chi connectivity index (χ1n) is 6.60. The number of hydrogen-bond acceptors (Lipinski definition) is 3. The van der Waals surface area contributed by atoms with Crippen molar-refractivity contribution >= 4 is 35.1 Å². The molecular weight excluding hydrogens is 278 g/mol. The van der Waals surface area contributed by atoms with Gasteiger partial charge in [-0.25, -0.2) is 0 Å². The molecule has 0 amide bonds. The lowest BCUT2D eigenvalue weighted by Crippen LogP contribution is -1.98. The van der Waals surface area contributed by atoms with Crippen LogP contribution in [0.3, 0.4) is 0 Å². The van der Waals surface area contributed by atoms with Gasteiger partial charge in [0.2, 0.25) is 0 Å². The van der Waals surface area contributed by atoms with E-state index in [9.17, 15) is 0 Å². The maximum Gasteiger partial charge on any atom is 0.145 e. The van der Waals surface area contributed by atoms with Crippen LogP contribution in [0.25, 0.3) is 10.9 Å². The molecule has 4 heteroatoms. The molecule has 0 bridgehead atoms. The zero-order valence-electron chi connectivity index (χ0n) is 10.8. The normalized spacial score (nSPS) is 10.8. The summed E-state index contributed by atoms with van der Waals surface area (Å²) >= 11 is 10.3. The van der Waals surface area contributed by atoms with Gasteiger partial charge in [0.05, 0.1) is 11.6 Å². The van der Waals surface area contributed by atoms with E-state index >= 15 is 0 Å². The van der Waals surface area contributed by atoms with E-state index in [0.29, 0.717) is 5.02 Å². The van der Waals surface area contributed by atoms with Crippen LogP contribution in [0, 0.1) is 0 Å². The summed E-state index contributed by atoms with van der Waals surface area (Å²) in [5, 5.41) is 1.65. The van der Waals surface area contributed by atoms with Crippen LogP contribution in [0.15, 0.2) is 30.5 Å². The first kappa shape index (κ1) is 14.5. The van der Waals surface area contributed by atoms with Gasteiger partial charge >= 0.3 is 0 Å². The molecule has 2 aromatic rings. The summed E-state index contributed by atoms with van der Waals surface area (Å²) in [6.45, 7) is 0.722. The number of nitrogens with zero attached hydrogens (tertiary/aromatic N) is 1. The van der Waals surface area contributed by atoms with Crippen molar-refractivity contribution in [2.45, 2.75) is 25.7 Å². The van der Waals surface area contributed by atoms with Crippen LogP contribution in [0.1, 0.15) is 25.7 Å². The number of pyridine rings is 1. The van der Waals surface area contributed by atoms with E-state index in [-0.39, 0.29) is 0 Å². The summed E-state index contributed by atoms with van der Waals surface area (Å²) in [5.74, 6) is 1.78. The average molecular weight is 296 g/mol. The van der Waals surface area contributed by atoms with Crippen molar-refractivity contribution in [3.8, 4) is 5.75 Å². The number of unbranched alkanes of at least 4 members (excludes halogenated alkanes) is 3. The predicted octanol–water partition coefficient (Wildman–Crippen LogP) is 4.76. The van der Waals surface area contributed by atoms with Gasteiger partial charge in [0.25, 0.3) is 0 Å². The highest BCUT2D eigenvalue weighted by atomic mass is 35.5. The van der Waals surface area contributed by atoms with Gasteiger partial charge in [-0.1, -0.05) is 24.4 Å². The molecule has 1 aromatic carbocycles. The number of halogens is 1. The molecule has 19 heavy (non-hydrogen) atoms. The van der Waals surface area contributed by atoms with E-state index in [2.05, 4.69) is 17.6 Å². The summed E-state index contributed by atoms with van der Waals surface area (Å²) < 4.78 is 5.81. The van der Waals surface area contributed by atoms with Gasteiger partial charge in [0.15, 0.2) is 0 Å². The van der Waals surface area contributed by atoms with Crippen LogP contribution >= 0.6 is 24.2 Å². The molecule has 0 radical (unpaired) electrons. The van der Waals surface area contributed by atoms with Crippen molar-refractivity contribution in [2.24, 2.45) is 0 Å².